The first kappa shape index (κ1) is 14.8. The van der Waals surface area contributed by atoms with Crippen molar-refractivity contribution in [2.24, 2.45) is 0 Å². The predicted molar refractivity (Wildman–Crippen MR) is 85.0 cm³/mol. The van der Waals surface area contributed by atoms with Crippen LogP contribution in [-0.2, 0) is 0 Å². The Labute approximate surface area is 135 Å². The maximum atomic E-state index is 11.0. The van der Waals surface area contributed by atoms with E-state index >= 15 is 0 Å². The number of nitriles is 1. The van der Waals surface area contributed by atoms with Crippen LogP contribution < -0.4 is 0 Å². The molecule has 112 valence electrons. The molecule has 3 heterocycles. The van der Waals surface area contributed by atoms with Crippen LogP contribution >= 0.6 is 11.6 Å². The normalized spacial score (nSPS) is 11.0. The summed E-state index contributed by atoms with van der Waals surface area (Å²) in [5, 5.41) is 18.7. The lowest BCUT2D eigenvalue weighted by Gasteiger charge is -1.98. The van der Waals surface area contributed by atoms with E-state index in [4.69, 9.17) is 22.0 Å². The molecule has 0 aliphatic rings. The zero-order valence-corrected chi connectivity index (χ0v) is 12.4. The molecule has 0 aliphatic heterocycles. The summed E-state index contributed by atoms with van der Waals surface area (Å²) in [6, 6.07) is 8.23. The van der Waals surface area contributed by atoms with E-state index in [0.717, 1.165) is 5.65 Å². The molecule has 0 bridgehead atoms. The topological polar surface area (TPSA) is 91.3 Å². The molecule has 6 nitrogen and oxygen atoms in total. The first-order chi connectivity index (χ1) is 11.1. The van der Waals surface area contributed by atoms with Gasteiger partial charge in [-0.2, -0.15) is 5.26 Å². The third-order valence-corrected chi connectivity index (χ3v) is 3.33. The molecule has 0 aromatic carbocycles. The summed E-state index contributed by atoms with van der Waals surface area (Å²) in [5.41, 5.74) is 1.81. The number of aromatic nitrogens is 3. The fourth-order valence-corrected chi connectivity index (χ4v) is 2.21. The smallest absolute Gasteiger partial charge is 0.354 e. The standard InChI is InChI=1S/C16H9ClN4O2/c17-11-2-6-15-19-12(9-21(15)8-11)3-5-13-10(7-18)1-4-14(20-13)16(22)23/h1-6,8-9H,(H,22,23)/b5-3+. The van der Waals surface area contributed by atoms with Gasteiger partial charge < -0.3 is 9.51 Å². The second-order valence-electron chi connectivity index (χ2n) is 4.66. The molecule has 0 amide bonds. The number of carboxylic acids is 1. The Morgan fingerprint density at radius 1 is 1.22 bits per heavy atom. The summed E-state index contributed by atoms with van der Waals surface area (Å²) in [5.74, 6) is -1.15. The maximum absolute atomic E-state index is 11.0. The van der Waals surface area contributed by atoms with Gasteiger partial charge in [-0.15, -0.1) is 0 Å². The fraction of sp³-hybridized carbons (Fsp3) is 0. The van der Waals surface area contributed by atoms with Crippen molar-refractivity contribution in [3.05, 3.63) is 64.3 Å². The number of rotatable bonds is 3. The third-order valence-electron chi connectivity index (χ3n) is 3.11. The summed E-state index contributed by atoms with van der Waals surface area (Å²) in [4.78, 5) is 19.3. The van der Waals surface area contributed by atoms with Crippen LogP contribution in [0.2, 0.25) is 5.02 Å². The Bertz CT molecular complexity index is 985. The average Bonchev–Trinajstić information content (AvgIpc) is 2.94. The molecule has 7 heteroatoms. The van der Waals surface area contributed by atoms with Gasteiger partial charge in [-0.05, 0) is 36.4 Å². The minimum atomic E-state index is -1.15. The van der Waals surface area contributed by atoms with Gasteiger partial charge in [0.15, 0.2) is 0 Å². The quantitative estimate of drug-likeness (QED) is 0.799. The minimum Gasteiger partial charge on any atom is -0.477 e. The summed E-state index contributed by atoms with van der Waals surface area (Å²) in [7, 11) is 0. The van der Waals surface area contributed by atoms with Crippen molar-refractivity contribution in [2.45, 2.75) is 0 Å². The highest BCUT2D eigenvalue weighted by atomic mass is 35.5. The first-order valence-corrected chi connectivity index (χ1v) is 6.91. The molecule has 3 aromatic rings. The van der Waals surface area contributed by atoms with Gasteiger partial charge in [-0.3, -0.25) is 0 Å². The highest BCUT2D eigenvalue weighted by Crippen LogP contribution is 2.15. The van der Waals surface area contributed by atoms with Crippen LogP contribution in [-0.4, -0.2) is 25.4 Å². The number of halogens is 1. The number of hydrogen-bond donors (Lipinski definition) is 1. The van der Waals surface area contributed by atoms with Crippen molar-refractivity contribution in [3.63, 3.8) is 0 Å². The van der Waals surface area contributed by atoms with Gasteiger partial charge in [0.1, 0.15) is 17.4 Å². The van der Waals surface area contributed by atoms with Crippen LogP contribution in [0.1, 0.15) is 27.4 Å². The molecule has 0 atom stereocenters. The van der Waals surface area contributed by atoms with E-state index in [1.54, 1.807) is 41.1 Å². The maximum Gasteiger partial charge on any atom is 0.354 e. The number of aromatic carboxylic acids is 1. The SMILES string of the molecule is N#Cc1ccc(C(=O)O)nc1/C=C/c1cn2cc(Cl)ccc2n1. The molecular formula is C16H9ClN4O2. The molecule has 0 unspecified atom stereocenters. The summed E-state index contributed by atoms with van der Waals surface area (Å²) >= 11 is 5.92. The molecule has 3 aromatic heterocycles. The highest BCUT2D eigenvalue weighted by molar-refractivity contribution is 6.30. The molecule has 23 heavy (non-hydrogen) atoms. The van der Waals surface area contributed by atoms with Crippen molar-refractivity contribution in [1.29, 1.82) is 5.26 Å². The van der Waals surface area contributed by atoms with E-state index in [9.17, 15) is 4.79 Å². The van der Waals surface area contributed by atoms with Gasteiger partial charge in [0.05, 0.1) is 22.0 Å². The lowest BCUT2D eigenvalue weighted by Crippen LogP contribution is -2.02. The highest BCUT2D eigenvalue weighted by Gasteiger charge is 2.08. The fourth-order valence-electron chi connectivity index (χ4n) is 2.04. The average molecular weight is 325 g/mol. The molecule has 1 N–H and O–H groups in total. The summed E-state index contributed by atoms with van der Waals surface area (Å²) < 4.78 is 1.77. The summed E-state index contributed by atoms with van der Waals surface area (Å²) in [6.07, 6.45) is 6.72. The number of nitrogens with zero attached hydrogens (tertiary/aromatic N) is 4. The Morgan fingerprint density at radius 3 is 2.78 bits per heavy atom. The van der Waals surface area contributed by atoms with Crippen molar-refractivity contribution < 1.29 is 9.90 Å². The van der Waals surface area contributed by atoms with Crippen molar-refractivity contribution in [3.8, 4) is 6.07 Å². The molecule has 0 radical (unpaired) electrons. The number of carboxylic acid groups (broad SMARTS) is 1. The number of fused-ring (bicyclic) bond motifs is 1. The number of carbonyl (C=O) groups is 1. The zero-order valence-electron chi connectivity index (χ0n) is 11.6. The van der Waals surface area contributed by atoms with Crippen LogP contribution in [0.25, 0.3) is 17.8 Å². The summed E-state index contributed by atoms with van der Waals surface area (Å²) in [6.45, 7) is 0. The second-order valence-corrected chi connectivity index (χ2v) is 5.09. The van der Waals surface area contributed by atoms with Crippen molar-refractivity contribution in [1.82, 2.24) is 14.4 Å². The largest absolute Gasteiger partial charge is 0.477 e. The first-order valence-electron chi connectivity index (χ1n) is 6.53. The van der Waals surface area contributed by atoms with Crippen molar-refractivity contribution in [2.75, 3.05) is 0 Å². The minimum absolute atomic E-state index is 0.120. The van der Waals surface area contributed by atoms with Gasteiger partial charge in [0, 0.05) is 12.4 Å². The second kappa shape index (κ2) is 5.91. The van der Waals surface area contributed by atoms with Crippen molar-refractivity contribution >= 4 is 35.4 Å². The zero-order chi connectivity index (χ0) is 16.4. The van der Waals surface area contributed by atoms with E-state index in [2.05, 4.69) is 9.97 Å². The molecule has 0 saturated carbocycles. The number of imidazole rings is 1. The van der Waals surface area contributed by atoms with Gasteiger partial charge >= 0.3 is 5.97 Å². The van der Waals surface area contributed by atoms with Crippen LogP contribution in [0.15, 0.2) is 36.7 Å². The van der Waals surface area contributed by atoms with E-state index in [1.165, 1.54) is 12.1 Å². The molecule has 0 fully saturated rings. The van der Waals surface area contributed by atoms with Gasteiger partial charge in [-0.1, -0.05) is 11.6 Å². The molecule has 3 rings (SSSR count). The third kappa shape index (κ3) is 3.05. The predicted octanol–water partition coefficient (Wildman–Crippen LogP) is 3.12. The van der Waals surface area contributed by atoms with E-state index in [1.807, 2.05) is 6.07 Å². The van der Waals surface area contributed by atoms with Crippen LogP contribution in [0.5, 0.6) is 0 Å². The lowest BCUT2D eigenvalue weighted by molar-refractivity contribution is 0.0690. The van der Waals surface area contributed by atoms with Gasteiger partial charge in [0.2, 0.25) is 0 Å². The Hall–Kier alpha value is -3.17. The van der Waals surface area contributed by atoms with E-state index in [-0.39, 0.29) is 17.0 Å². The Kier molecular flexibility index (Phi) is 3.79. The molecular weight excluding hydrogens is 316 g/mol. The van der Waals surface area contributed by atoms with Gasteiger partial charge in [-0.25, -0.2) is 14.8 Å². The van der Waals surface area contributed by atoms with Crippen LogP contribution in [0, 0.1) is 11.3 Å². The Balaban J connectivity index is 1.99. The van der Waals surface area contributed by atoms with Crippen LogP contribution in [0.4, 0.5) is 0 Å². The number of pyridine rings is 2. The Morgan fingerprint density at radius 2 is 2.04 bits per heavy atom. The lowest BCUT2D eigenvalue weighted by atomic mass is 10.1. The van der Waals surface area contributed by atoms with Crippen LogP contribution in [0.3, 0.4) is 0 Å². The number of hydrogen-bond acceptors (Lipinski definition) is 4. The molecule has 0 spiro atoms. The monoisotopic (exact) mass is 324 g/mol. The molecule has 0 saturated heterocycles. The van der Waals surface area contributed by atoms with Gasteiger partial charge in [0.25, 0.3) is 0 Å². The van der Waals surface area contributed by atoms with E-state index < -0.39 is 5.97 Å². The molecule has 0 aliphatic carbocycles. The van der Waals surface area contributed by atoms with E-state index in [0.29, 0.717) is 10.7 Å².